The summed E-state index contributed by atoms with van der Waals surface area (Å²) in [4.78, 5) is 4.90. The average Bonchev–Trinajstić information content (AvgIpc) is 3.43. The Morgan fingerprint density at radius 2 is 0.911 bits per heavy atom. The number of aromatic nitrogens is 2. The van der Waals surface area contributed by atoms with E-state index in [0.717, 1.165) is 11.3 Å². The predicted molar refractivity (Wildman–Crippen MR) is 192 cm³/mol. The van der Waals surface area contributed by atoms with Crippen molar-refractivity contribution >= 4 is 75.7 Å². The van der Waals surface area contributed by atoms with Crippen LogP contribution in [0.3, 0.4) is 0 Å². The smallest absolute Gasteiger partial charge is 0.0786 e. The van der Waals surface area contributed by atoms with E-state index in [9.17, 15) is 0 Å². The van der Waals surface area contributed by atoms with E-state index in [1.807, 2.05) is 6.20 Å². The van der Waals surface area contributed by atoms with Crippen molar-refractivity contribution in [2.24, 2.45) is 0 Å². The summed E-state index contributed by atoms with van der Waals surface area (Å²) in [5.74, 6) is 0. The van der Waals surface area contributed by atoms with Gasteiger partial charge in [-0.1, -0.05) is 121 Å². The van der Waals surface area contributed by atoms with E-state index in [1.165, 1.54) is 81.4 Å². The highest BCUT2D eigenvalue weighted by molar-refractivity contribution is 6.29. The molecule has 2 aromatic heterocycles. The van der Waals surface area contributed by atoms with Gasteiger partial charge in [-0.15, -0.1) is 0 Å². The fourth-order valence-electron chi connectivity index (χ4n) is 7.64. The summed E-state index contributed by atoms with van der Waals surface area (Å²) in [5.41, 5.74) is 5.76. The van der Waals surface area contributed by atoms with Crippen LogP contribution in [0.25, 0.3) is 92.6 Å². The molecule has 10 rings (SSSR count). The third kappa shape index (κ3) is 3.42. The summed E-state index contributed by atoms with van der Waals surface area (Å²) < 4.78 is 2.47. The molecule has 0 N–H and O–H groups in total. The molecule has 8 aromatic carbocycles. The quantitative estimate of drug-likeness (QED) is 0.189. The zero-order valence-corrected chi connectivity index (χ0v) is 24.4. The molecule has 0 atom stereocenters. The van der Waals surface area contributed by atoms with Crippen molar-refractivity contribution in [3.63, 3.8) is 0 Å². The summed E-state index contributed by atoms with van der Waals surface area (Å²) in [6.07, 6.45) is 1.92. The van der Waals surface area contributed by atoms with Crippen LogP contribution >= 0.6 is 0 Å². The van der Waals surface area contributed by atoms with Gasteiger partial charge in [0.05, 0.1) is 22.4 Å². The molecule has 10 aromatic rings. The van der Waals surface area contributed by atoms with Gasteiger partial charge in [-0.2, -0.15) is 0 Å². The fourth-order valence-corrected chi connectivity index (χ4v) is 7.64. The van der Waals surface area contributed by atoms with Gasteiger partial charge in [-0.25, -0.2) is 0 Å². The number of hydrogen-bond donors (Lipinski definition) is 0. The van der Waals surface area contributed by atoms with E-state index in [0.29, 0.717) is 0 Å². The lowest BCUT2D eigenvalue weighted by Gasteiger charge is -2.16. The van der Waals surface area contributed by atoms with Gasteiger partial charge in [0.1, 0.15) is 0 Å². The zero-order valence-electron chi connectivity index (χ0n) is 24.4. The molecule has 0 saturated carbocycles. The zero-order chi connectivity index (χ0) is 29.5. The maximum Gasteiger partial charge on any atom is 0.0786 e. The molecule has 208 valence electrons. The number of hydrogen-bond acceptors (Lipinski definition) is 1. The first-order valence-corrected chi connectivity index (χ1v) is 15.5. The SMILES string of the molecule is c1ccc2c(-c3ccc(-n4c5ccccc5c5cc6c7ccccc7c7ccccc7c6cc54)c4ccccc34)nccc2c1. The minimum Gasteiger partial charge on any atom is -0.309 e. The summed E-state index contributed by atoms with van der Waals surface area (Å²) in [7, 11) is 0. The largest absolute Gasteiger partial charge is 0.309 e. The van der Waals surface area contributed by atoms with Crippen LogP contribution in [0.4, 0.5) is 0 Å². The highest BCUT2D eigenvalue weighted by Gasteiger charge is 2.19. The summed E-state index contributed by atoms with van der Waals surface area (Å²) in [6.45, 7) is 0. The molecule has 0 bridgehead atoms. The fraction of sp³-hybridized carbons (Fsp3) is 0. The monoisotopic (exact) mass is 570 g/mol. The Morgan fingerprint density at radius 3 is 1.64 bits per heavy atom. The van der Waals surface area contributed by atoms with Crippen LogP contribution in [0, 0.1) is 0 Å². The third-order valence-electron chi connectivity index (χ3n) is 9.61. The average molecular weight is 571 g/mol. The molecule has 2 nitrogen and oxygen atoms in total. The molecule has 2 heteroatoms. The molecular formula is C43H26N2. The van der Waals surface area contributed by atoms with Gasteiger partial charge in [-0.3, -0.25) is 4.98 Å². The summed E-state index contributed by atoms with van der Waals surface area (Å²) in [5, 5.41) is 15.0. The van der Waals surface area contributed by atoms with Gasteiger partial charge in [0.15, 0.2) is 0 Å². The van der Waals surface area contributed by atoms with Gasteiger partial charge in [0.2, 0.25) is 0 Å². The number of benzene rings is 8. The van der Waals surface area contributed by atoms with Gasteiger partial charge >= 0.3 is 0 Å². The molecule has 0 aliphatic heterocycles. The van der Waals surface area contributed by atoms with Crippen LogP contribution in [0.2, 0.25) is 0 Å². The molecule has 0 spiro atoms. The maximum absolute atomic E-state index is 4.90. The molecule has 0 fully saturated rings. The Kier molecular flexibility index (Phi) is 5.03. The summed E-state index contributed by atoms with van der Waals surface area (Å²) in [6, 6.07) is 55.3. The molecule has 0 radical (unpaired) electrons. The third-order valence-corrected chi connectivity index (χ3v) is 9.61. The first-order chi connectivity index (χ1) is 22.3. The van der Waals surface area contributed by atoms with E-state index in [-0.39, 0.29) is 0 Å². The van der Waals surface area contributed by atoms with Crippen molar-refractivity contribution in [2.75, 3.05) is 0 Å². The highest BCUT2D eigenvalue weighted by Crippen LogP contribution is 2.42. The first kappa shape index (κ1) is 24.5. The van der Waals surface area contributed by atoms with E-state index in [1.54, 1.807) is 0 Å². The Bertz CT molecular complexity index is 2820. The topological polar surface area (TPSA) is 17.8 Å². The Labute approximate surface area is 259 Å². The second-order valence-electron chi connectivity index (χ2n) is 11.9. The number of rotatable bonds is 2. The lowest BCUT2D eigenvalue weighted by Crippen LogP contribution is -1.97. The lowest BCUT2D eigenvalue weighted by molar-refractivity contribution is 1.20. The van der Waals surface area contributed by atoms with Crippen LogP contribution in [0.5, 0.6) is 0 Å². The van der Waals surface area contributed by atoms with E-state index in [4.69, 9.17) is 4.98 Å². The molecule has 0 unspecified atom stereocenters. The van der Waals surface area contributed by atoms with Gasteiger partial charge in [0, 0.05) is 33.3 Å². The van der Waals surface area contributed by atoms with Crippen LogP contribution in [0.1, 0.15) is 0 Å². The molecule has 45 heavy (non-hydrogen) atoms. The number of para-hydroxylation sites is 1. The van der Waals surface area contributed by atoms with Crippen molar-refractivity contribution in [2.45, 2.75) is 0 Å². The lowest BCUT2D eigenvalue weighted by atomic mass is 9.93. The van der Waals surface area contributed by atoms with Crippen LogP contribution in [-0.2, 0) is 0 Å². The second-order valence-corrected chi connectivity index (χ2v) is 11.9. The molecule has 2 heterocycles. The van der Waals surface area contributed by atoms with Gasteiger partial charge in [-0.05, 0) is 73.4 Å². The predicted octanol–water partition coefficient (Wildman–Crippen LogP) is 11.6. The van der Waals surface area contributed by atoms with E-state index < -0.39 is 0 Å². The minimum atomic E-state index is 1.02. The molecule has 0 aliphatic rings. The standard InChI is InChI=1S/C43H26N2/c1-2-12-28-27(11-1)23-24-44-43(28)36-21-22-41(34-18-8-7-17-33(34)36)45-40-20-10-9-19-35(40)39-25-37-31-15-5-3-13-29(31)30-14-4-6-16-32(30)38(37)26-42(39)45/h1-26H. The van der Waals surface area contributed by atoms with Crippen molar-refractivity contribution in [3.8, 4) is 16.9 Å². The summed E-state index contributed by atoms with van der Waals surface area (Å²) >= 11 is 0. The first-order valence-electron chi connectivity index (χ1n) is 15.5. The van der Waals surface area contributed by atoms with Crippen LogP contribution in [-0.4, -0.2) is 9.55 Å². The van der Waals surface area contributed by atoms with E-state index >= 15 is 0 Å². The Hall–Kier alpha value is -5.99. The van der Waals surface area contributed by atoms with Crippen molar-refractivity contribution in [1.82, 2.24) is 9.55 Å². The van der Waals surface area contributed by atoms with Gasteiger partial charge < -0.3 is 4.57 Å². The number of nitrogens with zero attached hydrogens (tertiary/aromatic N) is 2. The van der Waals surface area contributed by atoms with Crippen molar-refractivity contribution in [1.29, 1.82) is 0 Å². The normalized spacial score (nSPS) is 12.0. The molecule has 0 amide bonds. The van der Waals surface area contributed by atoms with Crippen molar-refractivity contribution < 1.29 is 0 Å². The molecular weight excluding hydrogens is 544 g/mol. The van der Waals surface area contributed by atoms with Crippen LogP contribution in [0.15, 0.2) is 158 Å². The Morgan fingerprint density at radius 1 is 0.356 bits per heavy atom. The minimum absolute atomic E-state index is 1.02. The van der Waals surface area contributed by atoms with Crippen molar-refractivity contribution in [3.05, 3.63) is 158 Å². The number of pyridine rings is 1. The Balaban J connectivity index is 1.34. The van der Waals surface area contributed by atoms with Crippen LogP contribution < -0.4 is 0 Å². The molecule has 0 saturated heterocycles. The number of fused-ring (bicyclic) bond motifs is 11. The second kappa shape index (κ2) is 9.25. The maximum atomic E-state index is 4.90. The highest BCUT2D eigenvalue weighted by atomic mass is 15.0. The van der Waals surface area contributed by atoms with E-state index in [2.05, 4.69) is 156 Å². The molecule has 0 aliphatic carbocycles. The van der Waals surface area contributed by atoms with Gasteiger partial charge in [0.25, 0.3) is 0 Å².